The summed E-state index contributed by atoms with van der Waals surface area (Å²) in [4.78, 5) is 21.2. The first-order chi connectivity index (χ1) is 14.6. The second-order valence-corrected chi connectivity index (χ2v) is 7.23. The van der Waals surface area contributed by atoms with Crippen molar-refractivity contribution in [3.63, 3.8) is 0 Å². The largest absolute Gasteiger partial charge is 0.354 e. The van der Waals surface area contributed by atoms with Crippen LogP contribution in [0.15, 0.2) is 66.9 Å². The predicted molar refractivity (Wildman–Crippen MR) is 112 cm³/mol. The van der Waals surface area contributed by atoms with Gasteiger partial charge in [-0.1, -0.05) is 24.3 Å². The fraction of sp³-hybridized carbons (Fsp3) is 0.217. The molecule has 154 valence electrons. The minimum atomic E-state index is -0.557. The fourth-order valence-corrected chi connectivity index (χ4v) is 3.47. The van der Waals surface area contributed by atoms with E-state index in [4.69, 9.17) is 0 Å². The Morgan fingerprint density at radius 1 is 0.933 bits per heavy atom. The van der Waals surface area contributed by atoms with Crippen LogP contribution in [0.1, 0.15) is 15.9 Å². The third-order valence-electron chi connectivity index (χ3n) is 5.14. The van der Waals surface area contributed by atoms with Gasteiger partial charge < -0.3 is 10.2 Å². The summed E-state index contributed by atoms with van der Waals surface area (Å²) in [5.74, 6) is -0.446. The monoisotopic (exact) mass is 408 g/mol. The number of hydrogen-bond donors (Lipinski definition) is 1. The number of anilines is 2. The van der Waals surface area contributed by atoms with Crippen molar-refractivity contribution in [1.29, 1.82) is 0 Å². The average molecular weight is 408 g/mol. The average Bonchev–Trinajstić information content (AvgIpc) is 2.77. The van der Waals surface area contributed by atoms with E-state index in [9.17, 15) is 13.6 Å². The number of carbonyl (C=O) groups is 1. The van der Waals surface area contributed by atoms with E-state index in [1.807, 2.05) is 18.2 Å². The topological polar surface area (TPSA) is 48.5 Å². The normalized spacial score (nSPS) is 14.5. The molecule has 0 bridgehead atoms. The Hall–Kier alpha value is -3.32. The zero-order valence-electron chi connectivity index (χ0n) is 16.4. The molecule has 7 heteroatoms. The van der Waals surface area contributed by atoms with E-state index in [0.717, 1.165) is 44.1 Å². The van der Waals surface area contributed by atoms with E-state index in [-0.39, 0.29) is 11.4 Å². The van der Waals surface area contributed by atoms with Crippen molar-refractivity contribution in [2.24, 2.45) is 0 Å². The lowest BCUT2D eigenvalue weighted by Crippen LogP contribution is -2.46. The van der Waals surface area contributed by atoms with Gasteiger partial charge in [0, 0.05) is 32.7 Å². The Balaban J connectivity index is 1.31. The molecule has 0 saturated carbocycles. The number of carbonyl (C=O) groups excluding carboxylic acids is 1. The summed E-state index contributed by atoms with van der Waals surface area (Å²) >= 11 is 0. The summed E-state index contributed by atoms with van der Waals surface area (Å²) in [6.07, 6.45) is 1.58. The van der Waals surface area contributed by atoms with E-state index >= 15 is 0 Å². The van der Waals surface area contributed by atoms with E-state index in [0.29, 0.717) is 5.69 Å². The third kappa shape index (κ3) is 4.80. The number of piperazine rings is 1. The summed E-state index contributed by atoms with van der Waals surface area (Å²) in [7, 11) is 0. The number of aromatic nitrogens is 1. The van der Waals surface area contributed by atoms with Crippen LogP contribution in [0.4, 0.5) is 20.3 Å². The quantitative estimate of drug-likeness (QED) is 0.695. The molecule has 1 N–H and O–H groups in total. The van der Waals surface area contributed by atoms with Crippen LogP contribution < -0.4 is 10.2 Å². The maximum absolute atomic E-state index is 13.7. The number of benzene rings is 2. The molecule has 1 saturated heterocycles. The van der Waals surface area contributed by atoms with Gasteiger partial charge in [-0.2, -0.15) is 0 Å². The second-order valence-electron chi connectivity index (χ2n) is 7.23. The molecule has 2 heterocycles. The van der Waals surface area contributed by atoms with E-state index in [2.05, 4.69) is 20.1 Å². The van der Waals surface area contributed by atoms with Crippen LogP contribution in [-0.4, -0.2) is 42.0 Å². The predicted octanol–water partition coefficient (Wildman–Crippen LogP) is 3.93. The van der Waals surface area contributed by atoms with E-state index in [1.165, 1.54) is 24.3 Å². The number of hydrogen-bond acceptors (Lipinski definition) is 4. The standard InChI is InChI=1S/C23H22F2N4O/c24-18-7-5-17(6-8-18)16-28-11-13-29(14-12-28)22-10-9-19(15-26-22)27-23(30)20-3-1-2-4-21(20)25/h1-10,15H,11-14,16H2,(H,27,30). The lowest BCUT2D eigenvalue weighted by Gasteiger charge is -2.35. The molecule has 5 nitrogen and oxygen atoms in total. The first kappa shape index (κ1) is 20.0. The molecule has 0 atom stereocenters. The summed E-state index contributed by atoms with van der Waals surface area (Å²) in [6.45, 7) is 4.21. The Labute approximate surface area is 174 Å². The van der Waals surface area contributed by atoms with Crippen LogP contribution in [0.3, 0.4) is 0 Å². The van der Waals surface area contributed by atoms with Gasteiger partial charge in [0.15, 0.2) is 0 Å². The third-order valence-corrected chi connectivity index (χ3v) is 5.14. The Morgan fingerprint density at radius 3 is 2.33 bits per heavy atom. The van der Waals surface area contributed by atoms with Crippen molar-refractivity contribution in [2.45, 2.75) is 6.54 Å². The van der Waals surface area contributed by atoms with Gasteiger partial charge in [0.25, 0.3) is 5.91 Å². The van der Waals surface area contributed by atoms with Crippen LogP contribution in [0, 0.1) is 11.6 Å². The summed E-state index contributed by atoms with van der Waals surface area (Å²) in [5, 5.41) is 2.67. The van der Waals surface area contributed by atoms with Crippen molar-refractivity contribution in [1.82, 2.24) is 9.88 Å². The van der Waals surface area contributed by atoms with Gasteiger partial charge in [-0.25, -0.2) is 13.8 Å². The molecule has 1 aromatic heterocycles. The number of nitrogens with one attached hydrogen (secondary N) is 1. The molecular weight excluding hydrogens is 386 g/mol. The number of amides is 1. The maximum atomic E-state index is 13.7. The van der Waals surface area contributed by atoms with Gasteiger partial charge in [-0.15, -0.1) is 0 Å². The van der Waals surface area contributed by atoms with Crippen molar-refractivity contribution in [3.8, 4) is 0 Å². The number of pyridine rings is 1. The molecule has 2 aromatic carbocycles. The van der Waals surface area contributed by atoms with Gasteiger partial charge in [-0.05, 0) is 42.0 Å². The van der Waals surface area contributed by atoms with E-state index in [1.54, 1.807) is 24.4 Å². The molecule has 0 radical (unpaired) electrons. The Morgan fingerprint density at radius 2 is 1.67 bits per heavy atom. The summed E-state index contributed by atoms with van der Waals surface area (Å²) in [5.41, 5.74) is 1.61. The van der Waals surface area contributed by atoms with Crippen molar-refractivity contribution < 1.29 is 13.6 Å². The minimum Gasteiger partial charge on any atom is -0.354 e. The molecule has 0 spiro atoms. The smallest absolute Gasteiger partial charge is 0.258 e. The van der Waals surface area contributed by atoms with Crippen LogP contribution >= 0.6 is 0 Å². The first-order valence-electron chi connectivity index (χ1n) is 9.82. The SMILES string of the molecule is O=C(Nc1ccc(N2CCN(Cc3ccc(F)cc3)CC2)nc1)c1ccccc1F. The summed E-state index contributed by atoms with van der Waals surface area (Å²) < 4.78 is 26.8. The van der Waals surface area contributed by atoms with E-state index < -0.39 is 11.7 Å². The molecule has 0 aliphatic carbocycles. The van der Waals surface area contributed by atoms with Crippen LogP contribution in [-0.2, 0) is 6.54 Å². The molecule has 30 heavy (non-hydrogen) atoms. The van der Waals surface area contributed by atoms with Crippen LogP contribution in [0.5, 0.6) is 0 Å². The van der Waals surface area contributed by atoms with Crippen molar-refractivity contribution >= 4 is 17.4 Å². The van der Waals surface area contributed by atoms with Gasteiger partial charge in [-0.3, -0.25) is 9.69 Å². The highest BCUT2D eigenvalue weighted by Gasteiger charge is 2.18. The Bertz CT molecular complexity index is 1000. The number of nitrogens with zero attached hydrogens (tertiary/aromatic N) is 3. The van der Waals surface area contributed by atoms with Gasteiger partial charge in [0.2, 0.25) is 0 Å². The van der Waals surface area contributed by atoms with Gasteiger partial charge in [0.1, 0.15) is 17.5 Å². The van der Waals surface area contributed by atoms with Gasteiger partial charge >= 0.3 is 0 Å². The molecule has 0 unspecified atom stereocenters. The number of rotatable bonds is 5. The maximum Gasteiger partial charge on any atom is 0.258 e. The van der Waals surface area contributed by atoms with Crippen molar-refractivity contribution in [2.75, 3.05) is 36.4 Å². The highest BCUT2D eigenvalue weighted by atomic mass is 19.1. The molecule has 3 aromatic rings. The van der Waals surface area contributed by atoms with Crippen LogP contribution in [0.2, 0.25) is 0 Å². The molecule has 4 rings (SSSR count). The zero-order valence-corrected chi connectivity index (χ0v) is 16.4. The number of halogens is 2. The zero-order chi connectivity index (χ0) is 20.9. The van der Waals surface area contributed by atoms with Crippen molar-refractivity contribution in [3.05, 3.63) is 89.6 Å². The molecule has 1 fully saturated rings. The lowest BCUT2D eigenvalue weighted by molar-refractivity contribution is 0.102. The first-order valence-corrected chi connectivity index (χ1v) is 9.82. The fourth-order valence-electron chi connectivity index (χ4n) is 3.47. The minimum absolute atomic E-state index is 0.00106. The molecule has 1 aliphatic rings. The highest BCUT2D eigenvalue weighted by Crippen LogP contribution is 2.18. The highest BCUT2D eigenvalue weighted by molar-refractivity contribution is 6.04. The van der Waals surface area contributed by atoms with Gasteiger partial charge in [0.05, 0.1) is 17.4 Å². The molecular formula is C23H22F2N4O. The lowest BCUT2D eigenvalue weighted by atomic mass is 10.2. The molecule has 1 aliphatic heterocycles. The molecule has 1 amide bonds. The second kappa shape index (κ2) is 9.00. The van der Waals surface area contributed by atoms with Crippen LogP contribution in [0.25, 0.3) is 0 Å². The summed E-state index contributed by atoms with van der Waals surface area (Å²) in [6, 6.07) is 16.1. The Kier molecular flexibility index (Phi) is 5.99.